The van der Waals surface area contributed by atoms with Gasteiger partial charge in [0.15, 0.2) is 0 Å². The van der Waals surface area contributed by atoms with E-state index in [0.717, 1.165) is 12.8 Å². The third-order valence-electron chi connectivity index (χ3n) is 3.48. The number of morpholine rings is 1. The summed E-state index contributed by atoms with van der Waals surface area (Å²) in [5.74, 6) is 5.28. The molecule has 0 aliphatic carbocycles. The molecule has 2 aliphatic heterocycles. The minimum absolute atomic E-state index is 0.0488. The summed E-state index contributed by atoms with van der Waals surface area (Å²) in [6.45, 7) is 1.33. The minimum Gasteiger partial charge on any atom is -0.371 e. The summed E-state index contributed by atoms with van der Waals surface area (Å²) in [4.78, 5) is 18.3. The van der Waals surface area contributed by atoms with Crippen molar-refractivity contribution in [2.75, 3.05) is 18.5 Å². The van der Waals surface area contributed by atoms with Gasteiger partial charge in [-0.1, -0.05) is 0 Å². The van der Waals surface area contributed by atoms with Crippen LogP contribution >= 0.6 is 0 Å². The van der Waals surface area contributed by atoms with Gasteiger partial charge in [-0.15, -0.1) is 0 Å². The van der Waals surface area contributed by atoms with Crippen molar-refractivity contribution in [1.82, 2.24) is 9.88 Å². The molecule has 2 bridgehead atoms. The minimum atomic E-state index is -0.0488. The van der Waals surface area contributed by atoms with Crippen molar-refractivity contribution in [2.45, 2.75) is 25.0 Å². The number of carbonyl (C=O) groups excluding carboxylic acids is 1. The number of fused-ring (bicyclic) bond motifs is 2. The van der Waals surface area contributed by atoms with Crippen LogP contribution in [0.3, 0.4) is 0 Å². The Balaban J connectivity index is 1.77. The van der Waals surface area contributed by atoms with Crippen LogP contribution in [0.15, 0.2) is 18.3 Å². The molecule has 6 nitrogen and oxygen atoms in total. The highest BCUT2D eigenvalue weighted by atomic mass is 16.5. The van der Waals surface area contributed by atoms with Gasteiger partial charge in [0.05, 0.1) is 17.9 Å². The van der Waals surface area contributed by atoms with Crippen LogP contribution < -0.4 is 11.3 Å². The Morgan fingerprint density at radius 1 is 1.44 bits per heavy atom. The first-order chi connectivity index (χ1) is 8.76. The molecule has 3 N–H and O–H groups in total. The predicted molar refractivity (Wildman–Crippen MR) is 65.8 cm³/mol. The molecule has 2 unspecified atom stereocenters. The zero-order valence-corrected chi connectivity index (χ0v) is 10.0. The lowest BCUT2D eigenvalue weighted by Crippen LogP contribution is -2.46. The topological polar surface area (TPSA) is 80.5 Å². The maximum absolute atomic E-state index is 12.3. The lowest BCUT2D eigenvalue weighted by atomic mass is 10.2. The number of aromatic nitrogens is 1. The van der Waals surface area contributed by atoms with Gasteiger partial charge in [-0.05, 0) is 25.0 Å². The van der Waals surface area contributed by atoms with Gasteiger partial charge in [0.1, 0.15) is 5.69 Å². The van der Waals surface area contributed by atoms with Gasteiger partial charge in [-0.2, -0.15) is 0 Å². The average Bonchev–Trinajstić information content (AvgIpc) is 2.76. The van der Waals surface area contributed by atoms with Crippen molar-refractivity contribution < 1.29 is 9.53 Å². The maximum Gasteiger partial charge on any atom is 0.272 e. The summed E-state index contributed by atoms with van der Waals surface area (Å²) in [5, 5.41) is 0. The van der Waals surface area contributed by atoms with E-state index in [2.05, 4.69) is 10.4 Å². The number of nitrogens with one attached hydrogen (secondary N) is 1. The number of carbonyl (C=O) groups is 1. The summed E-state index contributed by atoms with van der Waals surface area (Å²) in [6, 6.07) is 3.39. The fourth-order valence-corrected chi connectivity index (χ4v) is 2.58. The van der Waals surface area contributed by atoms with Gasteiger partial charge in [0.25, 0.3) is 5.91 Å². The number of nitrogens with two attached hydrogens (primary N) is 1. The van der Waals surface area contributed by atoms with Crippen LogP contribution in [0.1, 0.15) is 23.3 Å². The van der Waals surface area contributed by atoms with E-state index in [1.54, 1.807) is 18.3 Å². The zero-order valence-electron chi connectivity index (χ0n) is 10.0. The van der Waals surface area contributed by atoms with Gasteiger partial charge in [-0.3, -0.25) is 15.6 Å². The molecule has 3 rings (SSSR count). The smallest absolute Gasteiger partial charge is 0.272 e. The fraction of sp³-hybridized carbons (Fsp3) is 0.500. The van der Waals surface area contributed by atoms with E-state index in [1.165, 1.54) is 0 Å². The van der Waals surface area contributed by atoms with Crippen LogP contribution in [-0.4, -0.2) is 41.1 Å². The molecule has 0 radical (unpaired) electrons. The quantitative estimate of drug-likeness (QED) is 0.584. The van der Waals surface area contributed by atoms with Gasteiger partial charge < -0.3 is 15.1 Å². The molecule has 1 amide bonds. The van der Waals surface area contributed by atoms with Crippen molar-refractivity contribution >= 4 is 11.6 Å². The van der Waals surface area contributed by atoms with Crippen LogP contribution in [0.25, 0.3) is 0 Å². The predicted octanol–water partition coefficient (Wildman–Crippen LogP) is 0.371. The normalized spacial score (nSPS) is 26.2. The van der Waals surface area contributed by atoms with E-state index in [0.29, 0.717) is 24.5 Å². The first kappa shape index (κ1) is 11.4. The number of pyridine rings is 1. The molecule has 2 aliphatic rings. The number of hydrogen-bond acceptors (Lipinski definition) is 5. The van der Waals surface area contributed by atoms with Crippen molar-refractivity contribution in [3.63, 3.8) is 0 Å². The number of hydrogen-bond donors (Lipinski definition) is 2. The van der Waals surface area contributed by atoms with Crippen molar-refractivity contribution in [3.8, 4) is 0 Å². The first-order valence-electron chi connectivity index (χ1n) is 6.13. The van der Waals surface area contributed by atoms with Crippen LogP contribution in [0.2, 0.25) is 0 Å². The Bertz CT molecular complexity index is 453. The molecule has 1 aromatic heterocycles. The number of nitrogen functional groups attached to an aromatic ring is 1. The van der Waals surface area contributed by atoms with Crippen LogP contribution in [0.4, 0.5) is 5.69 Å². The van der Waals surface area contributed by atoms with Crippen molar-refractivity contribution in [3.05, 3.63) is 24.0 Å². The van der Waals surface area contributed by atoms with Crippen molar-refractivity contribution in [1.29, 1.82) is 0 Å². The number of ether oxygens (including phenoxy) is 1. The summed E-state index contributed by atoms with van der Waals surface area (Å²) in [5.41, 5.74) is 3.63. The SMILES string of the molecule is NNc1ccnc(C(=O)N2CC3CCC(C2)O3)c1. The van der Waals surface area contributed by atoms with E-state index in [4.69, 9.17) is 10.6 Å². The summed E-state index contributed by atoms with van der Waals surface area (Å²) >= 11 is 0. The molecule has 1 aromatic rings. The molecule has 18 heavy (non-hydrogen) atoms. The number of rotatable bonds is 2. The van der Waals surface area contributed by atoms with E-state index < -0.39 is 0 Å². The van der Waals surface area contributed by atoms with Crippen molar-refractivity contribution in [2.24, 2.45) is 5.84 Å². The van der Waals surface area contributed by atoms with E-state index >= 15 is 0 Å². The highest BCUT2D eigenvalue weighted by Crippen LogP contribution is 2.27. The second-order valence-corrected chi connectivity index (χ2v) is 4.74. The first-order valence-corrected chi connectivity index (χ1v) is 6.13. The highest BCUT2D eigenvalue weighted by molar-refractivity contribution is 5.93. The Morgan fingerprint density at radius 3 is 2.83 bits per heavy atom. The van der Waals surface area contributed by atoms with Crippen LogP contribution in [-0.2, 0) is 4.74 Å². The molecule has 6 heteroatoms. The summed E-state index contributed by atoms with van der Waals surface area (Å²) in [7, 11) is 0. The molecule has 3 heterocycles. The van der Waals surface area contributed by atoms with E-state index in [1.807, 2.05) is 4.90 Å². The third kappa shape index (κ3) is 2.04. The molecular formula is C12H16N4O2. The fourth-order valence-electron chi connectivity index (χ4n) is 2.58. The monoisotopic (exact) mass is 248 g/mol. The largest absolute Gasteiger partial charge is 0.371 e. The average molecular weight is 248 g/mol. The zero-order chi connectivity index (χ0) is 12.5. The molecular weight excluding hydrogens is 232 g/mol. The lowest BCUT2D eigenvalue weighted by Gasteiger charge is -2.31. The van der Waals surface area contributed by atoms with Crippen LogP contribution in [0.5, 0.6) is 0 Å². The Hall–Kier alpha value is -1.66. The Kier molecular flexibility index (Phi) is 2.89. The lowest BCUT2D eigenvalue weighted by molar-refractivity contribution is -0.0305. The number of hydrazine groups is 1. The van der Waals surface area contributed by atoms with Crippen LogP contribution in [0, 0.1) is 0 Å². The van der Waals surface area contributed by atoms with Gasteiger partial charge in [0.2, 0.25) is 0 Å². The Morgan fingerprint density at radius 2 is 2.17 bits per heavy atom. The molecule has 2 atom stereocenters. The highest BCUT2D eigenvalue weighted by Gasteiger charge is 2.36. The Labute approximate surface area is 105 Å². The summed E-state index contributed by atoms with van der Waals surface area (Å²) in [6.07, 6.45) is 4.07. The summed E-state index contributed by atoms with van der Waals surface area (Å²) < 4.78 is 5.71. The molecule has 0 spiro atoms. The van der Waals surface area contributed by atoms with E-state index in [9.17, 15) is 4.79 Å². The number of anilines is 1. The second-order valence-electron chi connectivity index (χ2n) is 4.74. The standard InChI is InChI=1S/C12H16N4O2/c13-15-8-3-4-14-11(5-8)12(17)16-6-9-1-2-10(7-16)18-9/h3-5,9-10H,1-2,6-7,13H2,(H,14,15). The van der Waals surface area contributed by atoms with Gasteiger partial charge in [0, 0.05) is 19.3 Å². The number of amides is 1. The molecule has 96 valence electrons. The molecule has 2 fully saturated rings. The van der Waals surface area contributed by atoms with Gasteiger partial charge in [-0.25, -0.2) is 0 Å². The third-order valence-corrected chi connectivity index (χ3v) is 3.48. The molecule has 2 saturated heterocycles. The van der Waals surface area contributed by atoms with Gasteiger partial charge >= 0.3 is 0 Å². The number of nitrogens with zero attached hydrogens (tertiary/aromatic N) is 2. The van der Waals surface area contributed by atoms with E-state index in [-0.39, 0.29) is 18.1 Å². The number of likely N-dealkylation sites (tertiary alicyclic amines) is 1. The maximum atomic E-state index is 12.3. The molecule has 0 saturated carbocycles. The second kappa shape index (κ2) is 4.55. The molecule has 0 aromatic carbocycles.